The number of aromatic nitrogens is 1. The van der Waals surface area contributed by atoms with E-state index in [9.17, 15) is 8.42 Å². The first-order valence-electron chi connectivity index (χ1n) is 3.47. The SMILES string of the molecule is O=S(=O)(Cl)c1nc2cc(Cl)ccc2o1. The smallest absolute Gasteiger partial charge is 0.332 e. The van der Waals surface area contributed by atoms with E-state index in [0.717, 1.165) is 0 Å². The van der Waals surface area contributed by atoms with Crippen LogP contribution in [0, 0.1) is 0 Å². The normalized spacial score (nSPS) is 12.1. The fourth-order valence-corrected chi connectivity index (χ4v) is 1.74. The summed E-state index contributed by atoms with van der Waals surface area (Å²) in [5.74, 6) is 0. The molecule has 14 heavy (non-hydrogen) atoms. The third kappa shape index (κ3) is 1.70. The van der Waals surface area contributed by atoms with Crippen molar-refractivity contribution in [2.75, 3.05) is 0 Å². The number of nitrogens with zero attached hydrogens (tertiary/aromatic N) is 1. The summed E-state index contributed by atoms with van der Waals surface area (Å²) >= 11 is 5.68. The van der Waals surface area contributed by atoms with Gasteiger partial charge in [-0.25, -0.2) is 8.42 Å². The Hall–Kier alpha value is -0.780. The van der Waals surface area contributed by atoms with Crippen LogP contribution in [0.4, 0.5) is 0 Å². The third-order valence-electron chi connectivity index (χ3n) is 1.54. The minimum absolute atomic E-state index is 0.327. The lowest BCUT2D eigenvalue weighted by atomic mass is 10.3. The summed E-state index contributed by atoms with van der Waals surface area (Å²) in [7, 11) is 1.13. The molecule has 74 valence electrons. The maximum atomic E-state index is 10.9. The van der Waals surface area contributed by atoms with E-state index in [1.165, 1.54) is 12.1 Å². The van der Waals surface area contributed by atoms with Crippen LogP contribution in [0.1, 0.15) is 0 Å². The van der Waals surface area contributed by atoms with Gasteiger partial charge in [-0.1, -0.05) is 11.6 Å². The van der Waals surface area contributed by atoms with Gasteiger partial charge in [-0.3, -0.25) is 0 Å². The molecular weight excluding hydrogens is 249 g/mol. The molecule has 0 amide bonds. The second-order valence-corrected chi connectivity index (χ2v) is 5.41. The van der Waals surface area contributed by atoms with Gasteiger partial charge in [0, 0.05) is 15.7 Å². The summed E-state index contributed by atoms with van der Waals surface area (Å²) in [5, 5.41) is -0.0687. The quantitative estimate of drug-likeness (QED) is 0.731. The molecule has 0 bridgehead atoms. The van der Waals surface area contributed by atoms with Crippen LogP contribution < -0.4 is 0 Å². The van der Waals surface area contributed by atoms with E-state index in [2.05, 4.69) is 4.98 Å². The predicted molar refractivity (Wildman–Crippen MR) is 52.1 cm³/mol. The van der Waals surface area contributed by atoms with E-state index >= 15 is 0 Å². The molecule has 1 aromatic heterocycles. The summed E-state index contributed by atoms with van der Waals surface area (Å²) in [6, 6.07) is 4.59. The van der Waals surface area contributed by atoms with Crippen molar-refractivity contribution in [2.24, 2.45) is 0 Å². The van der Waals surface area contributed by atoms with Gasteiger partial charge in [-0.2, -0.15) is 4.98 Å². The molecule has 0 saturated carbocycles. The summed E-state index contributed by atoms with van der Waals surface area (Å²) in [6.07, 6.45) is 0. The number of benzene rings is 1. The molecule has 2 aromatic rings. The van der Waals surface area contributed by atoms with Gasteiger partial charge in [0.25, 0.3) is 0 Å². The van der Waals surface area contributed by atoms with Crippen LogP contribution in [-0.4, -0.2) is 13.4 Å². The van der Waals surface area contributed by atoms with Crippen LogP contribution in [-0.2, 0) is 9.05 Å². The molecule has 4 nitrogen and oxygen atoms in total. The lowest BCUT2D eigenvalue weighted by molar-refractivity contribution is 0.464. The Morgan fingerprint density at radius 2 is 2.07 bits per heavy atom. The van der Waals surface area contributed by atoms with Gasteiger partial charge in [0.2, 0.25) is 0 Å². The molecule has 0 saturated heterocycles. The molecule has 0 spiro atoms. The molecule has 7 heteroatoms. The highest BCUT2D eigenvalue weighted by Gasteiger charge is 2.18. The van der Waals surface area contributed by atoms with Gasteiger partial charge in [-0.15, -0.1) is 0 Å². The van der Waals surface area contributed by atoms with Crippen LogP contribution in [0.15, 0.2) is 27.8 Å². The van der Waals surface area contributed by atoms with Crippen molar-refractivity contribution in [3.8, 4) is 0 Å². The van der Waals surface area contributed by atoms with E-state index in [1.54, 1.807) is 6.07 Å². The Morgan fingerprint density at radius 3 is 2.71 bits per heavy atom. The molecule has 0 N–H and O–H groups in total. The standard InChI is InChI=1S/C7H3Cl2NO3S/c8-4-1-2-6-5(3-4)10-7(13-6)14(9,11)12/h1-3H. The summed E-state index contributed by atoms with van der Waals surface area (Å²) < 4.78 is 26.6. The van der Waals surface area contributed by atoms with Gasteiger partial charge >= 0.3 is 14.3 Å². The van der Waals surface area contributed by atoms with Crippen molar-refractivity contribution in [1.29, 1.82) is 0 Å². The molecule has 1 aromatic carbocycles. The summed E-state index contributed by atoms with van der Waals surface area (Å²) in [6.45, 7) is 0. The van der Waals surface area contributed by atoms with Crippen molar-refractivity contribution in [3.63, 3.8) is 0 Å². The second-order valence-electron chi connectivity index (χ2n) is 2.53. The Morgan fingerprint density at radius 1 is 1.36 bits per heavy atom. The highest BCUT2D eigenvalue weighted by molar-refractivity contribution is 8.13. The Labute approximate surface area is 88.9 Å². The van der Waals surface area contributed by atoms with Gasteiger partial charge < -0.3 is 4.42 Å². The molecule has 2 rings (SSSR count). The maximum absolute atomic E-state index is 10.9. The number of rotatable bonds is 1. The van der Waals surface area contributed by atoms with Crippen molar-refractivity contribution >= 4 is 42.4 Å². The topological polar surface area (TPSA) is 60.2 Å². The molecule has 0 unspecified atom stereocenters. The average Bonchev–Trinajstić information content (AvgIpc) is 2.45. The van der Waals surface area contributed by atoms with Gasteiger partial charge in [0.15, 0.2) is 5.58 Å². The summed E-state index contributed by atoms with van der Waals surface area (Å²) in [5.41, 5.74) is 0.686. The molecule has 1 heterocycles. The zero-order valence-electron chi connectivity index (χ0n) is 6.57. The molecule has 0 fully saturated rings. The maximum Gasteiger partial charge on any atom is 0.332 e. The Kier molecular flexibility index (Phi) is 2.17. The van der Waals surface area contributed by atoms with Crippen LogP contribution in [0.5, 0.6) is 0 Å². The lowest BCUT2D eigenvalue weighted by Crippen LogP contribution is -1.88. The van der Waals surface area contributed by atoms with E-state index in [-0.39, 0.29) is 0 Å². The van der Waals surface area contributed by atoms with Gasteiger partial charge in [-0.05, 0) is 18.2 Å². The molecule has 0 atom stereocenters. The van der Waals surface area contributed by atoms with Crippen LogP contribution in [0.25, 0.3) is 11.1 Å². The van der Waals surface area contributed by atoms with Crippen molar-refractivity contribution in [3.05, 3.63) is 23.2 Å². The first-order valence-corrected chi connectivity index (χ1v) is 6.16. The van der Waals surface area contributed by atoms with Crippen LogP contribution in [0.3, 0.4) is 0 Å². The number of hydrogen-bond acceptors (Lipinski definition) is 4. The molecule has 0 aliphatic carbocycles. The molecule has 0 aliphatic rings. The second kappa shape index (κ2) is 3.12. The lowest BCUT2D eigenvalue weighted by Gasteiger charge is -1.85. The van der Waals surface area contributed by atoms with Gasteiger partial charge in [0.1, 0.15) is 5.52 Å². The van der Waals surface area contributed by atoms with Gasteiger partial charge in [0.05, 0.1) is 0 Å². The highest BCUT2D eigenvalue weighted by Crippen LogP contribution is 2.23. The minimum atomic E-state index is -3.93. The van der Waals surface area contributed by atoms with E-state index < -0.39 is 14.3 Å². The summed E-state index contributed by atoms with van der Waals surface area (Å²) in [4.78, 5) is 3.67. The number of hydrogen-bond donors (Lipinski definition) is 0. The minimum Gasteiger partial charge on any atom is -0.427 e. The molecular formula is C7H3Cl2NO3S. The fraction of sp³-hybridized carbons (Fsp3) is 0. The monoisotopic (exact) mass is 251 g/mol. The number of oxazole rings is 1. The highest BCUT2D eigenvalue weighted by atomic mass is 35.7. The first-order chi connectivity index (χ1) is 6.47. The van der Waals surface area contributed by atoms with Crippen molar-refractivity contribution < 1.29 is 12.8 Å². The Bertz CT molecular complexity index is 590. The van der Waals surface area contributed by atoms with E-state index in [4.69, 9.17) is 26.7 Å². The number of halogens is 2. The third-order valence-corrected chi connectivity index (χ3v) is 2.76. The molecule has 0 radical (unpaired) electrons. The average molecular weight is 252 g/mol. The predicted octanol–water partition coefficient (Wildman–Crippen LogP) is 2.41. The first kappa shape index (κ1) is 9.76. The Balaban J connectivity index is 2.75. The largest absolute Gasteiger partial charge is 0.427 e. The zero-order chi connectivity index (χ0) is 10.3. The van der Waals surface area contributed by atoms with Crippen LogP contribution in [0.2, 0.25) is 5.02 Å². The number of fused-ring (bicyclic) bond motifs is 1. The van der Waals surface area contributed by atoms with Crippen molar-refractivity contribution in [2.45, 2.75) is 5.22 Å². The van der Waals surface area contributed by atoms with Crippen LogP contribution >= 0.6 is 22.3 Å². The van der Waals surface area contributed by atoms with E-state index in [1.807, 2.05) is 0 Å². The van der Waals surface area contributed by atoms with E-state index in [0.29, 0.717) is 16.1 Å². The molecule has 0 aliphatic heterocycles. The zero-order valence-corrected chi connectivity index (χ0v) is 8.90. The van der Waals surface area contributed by atoms with Crippen molar-refractivity contribution in [1.82, 2.24) is 4.98 Å². The fourth-order valence-electron chi connectivity index (χ4n) is 0.984.